The van der Waals surface area contributed by atoms with Crippen LogP contribution in [0.15, 0.2) is 53.4 Å². The van der Waals surface area contributed by atoms with Crippen LogP contribution >= 0.6 is 23.4 Å². The number of hydrogen-bond donors (Lipinski definition) is 1. The maximum absolute atomic E-state index is 12.0. The van der Waals surface area contributed by atoms with Gasteiger partial charge >= 0.3 is 0 Å². The lowest BCUT2D eigenvalue weighted by atomic mass is 10.1. The lowest BCUT2D eigenvalue weighted by molar-refractivity contribution is -0.116. The van der Waals surface area contributed by atoms with Crippen molar-refractivity contribution in [1.82, 2.24) is 0 Å². The van der Waals surface area contributed by atoms with E-state index >= 15 is 0 Å². The smallest absolute Gasteiger partial charge is 0.224 e. The van der Waals surface area contributed by atoms with Crippen LogP contribution in [0.25, 0.3) is 0 Å². The Labute approximate surface area is 139 Å². The number of Topliss-reactive ketones (excluding diaryl/α,β-unsaturated/α-hetero) is 1. The summed E-state index contributed by atoms with van der Waals surface area (Å²) in [7, 11) is 0. The molecule has 0 bridgehead atoms. The highest BCUT2D eigenvalue weighted by molar-refractivity contribution is 7.98. The molecule has 5 heteroatoms. The van der Waals surface area contributed by atoms with Gasteiger partial charge in [0.25, 0.3) is 0 Å². The fourth-order valence-electron chi connectivity index (χ4n) is 1.97. The highest BCUT2D eigenvalue weighted by Gasteiger charge is 2.10. The largest absolute Gasteiger partial charge is 0.325 e. The summed E-state index contributed by atoms with van der Waals surface area (Å²) in [5, 5.41) is 3.43. The molecular formula is C17H16ClNO2S. The third kappa shape index (κ3) is 4.61. The molecule has 2 aromatic carbocycles. The van der Waals surface area contributed by atoms with Gasteiger partial charge in [0, 0.05) is 28.3 Å². The monoisotopic (exact) mass is 333 g/mol. The first kappa shape index (κ1) is 16.6. The Hall–Kier alpha value is -1.78. The van der Waals surface area contributed by atoms with Gasteiger partial charge in [-0.15, -0.1) is 11.8 Å². The molecule has 0 heterocycles. The first-order chi connectivity index (χ1) is 10.6. The van der Waals surface area contributed by atoms with Crippen LogP contribution in [0.3, 0.4) is 0 Å². The van der Waals surface area contributed by atoms with Crippen LogP contribution in [-0.4, -0.2) is 17.9 Å². The standard InChI is InChI=1S/C17H16ClNO2S/c1-22-16-5-3-2-4-14(16)19-17(21)11-10-15(20)12-6-8-13(18)9-7-12/h2-9H,10-11H2,1H3,(H,19,21). The van der Waals surface area contributed by atoms with E-state index in [1.165, 1.54) is 0 Å². The predicted octanol–water partition coefficient (Wildman–Crippen LogP) is 4.66. The lowest BCUT2D eigenvalue weighted by Crippen LogP contribution is -2.14. The van der Waals surface area contributed by atoms with Crippen molar-refractivity contribution in [3.63, 3.8) is 0 Å². The molecule has 0 radical (unpaired) electrons. The van der Waals surface area contributed by atoms with Gasteiger partial charge < -0.3 is 5.32 Å². The number of para-hydroxylation sites is 1. The Morgan fingerprint density at radius 2 is 1.73 bits per heavy atom. The van der Waals surface area contributed by atoms with Crippen molar-refractivity contribution < 1.29 is 9.59 Å². The minimum atomic E-state index is -0.163. The summed E-state index contributed by atoms with van der Waals surface area (Å²) in [5.74, 6) is -0.228. The zero-order chi connectivity index (χ0) is 15.9. The van der Waals surface area contributed by atoms with E-state index in [2.05, 4.69) is 5.32 Å². The number of rotatable bonds is 6. The van der Waals surface area contributed by atoms with Crippen LogP contribution in [0.4, 0.5) is 5.69 Å². The van der Waals surface area contributed by atoms with Gasteiger partial charge in [-0.2, -0.15) is 0 Å². The van der Waals surface area contributed by atoms with Crippen molar-refractivity contribution in [2.24, 2.45) is 0 Å². The van der Waals surface area contributed by atoms with Gasteiger partial charge in [-0.3, -0.25) is 9.59 Å². The van der Waals surface area contributed by atoms with E-state index in [1.54, 1.807) is 36.0 Å². The third-order valence-electron chi connectivity index (χ3n) is 3.13. The fraction of sp³-hybridized carbons (Fsp3) is 0.176. The lowest BCUT2D eigenvalue weighted by Gasteiger charge is -2.09. The van der Waals surface area contributed by atoms with E-state index in [0.717, 1.165) is 10.6 Å². The Morgan fingerprint density at radius 1 is 1.05 bits per heavy atom. The third-order valence-corrected chi connectivity index (χ3v) is 4.17. The number of amides is 1. The molecule has 2 rings (SSSR count). The fourth-order valence-corrected chi connectivity index (χ4v) is 2.65. The van der Waals surface area contributed by atoms with Gasteiger partial charge in [0.15, 0.2) is 5.78 Å². The number of anilines is 1. The maximum Gasteiger partial charge on any atom is 0.224 e. The minimum Gasteiger partial charge on any atom is -0.325 e. The molecule has 0 aliphatic rings. The summed E-state index contributed by atoms with van der Waals surface area (Å²) < 4.78 is 0. The highest BCUT2D eigenvalue weighted by atomic mass is 35.5. The van der Waals surface area contributed by atoms with Crippen molar-refractivity contribution in [3.05, 3.63) is 59.1 Å². The van der Waals surface area contributed by atoms with E-state index in [-0.39, 0.29) is 24.5 Å². The summed E-state index contributed by atoms with van der Waals surface area (Å²) in [4.78, 5) is 25.0. The Kier molecular flexibility index (Phi) is 6.04. The van der Waals surface area contributed by atoms with Crippen LogP contribution in [0.2, 0.25) is 5.02 Å². The van der Waals surface area contributed by atoms with Gasteiger partial charge in [0.05, 0.1) is 5.69 Å². The Morgan fingerprint density at radius 3 is 2.41 bits per heavy atom. The highest BCUT2D eigenvalue weighted by Crippen LogP contribution is 2.24. The van der Waals surface area contributed by atoms with E-state index in [0.29, 0.717) is 10.6 Å². The van der Waals surface area contributed by atoms with Gasteiger partial charge in [0.2, 0.25) is 5.91 Å². The maximum atomic E-state index is 12.0. The normalized spacial score (nSPS) is 10.3. The molecule has 1 amide bonds. The molecule has 22 heavy (non-hydrogen) atoms. The topological polar surface area (TPSA) is 46.2 Å². The van der Waals surface area contributed by atoms with Crippen molar-refractivity contribution in [3.8, 4) is 0 Å². The van der Waals surface area contributed by atoms with Gasteiger partial charge in [-0.05, 0) is 42.7 Å². The number of carbonyl (C=O) groups is 2. The van der Waals surface area contributed by atoms with E-state index in [4.69, 9.17) is 11.6 Å². The number of hydrogen-bond acceptors (Lipinski definition) is 3. The van der Waals surface area contributed by atoms with Gasteiger partial charge in [-0.1, -0.05) is 23.7 Å². The number of benzene rings is 2. The van der Waals surface area contributed by atoms with Crippen LogP contribution in [0, 0.1) is 0 Å². The second-order valence-electron chi connectivity index (χ2n) is 4.68. The molecule has 3 nitrogen and oxygen atoms in total. The van der Waals surface area contributed by atoms with Crippen molar-refractivity contribution in [2.45, 2.75) is 17.7 Å². The molecule has 0 saturated heterocycles. The summed E-state index contributed by atoms with van der Waals surface area (Å²) in [6.45, 7) is 0. The molecule has 0 unspecified atom stereocenters. The van der Waals surface area contributed by atoms with E-state index in [9.17, 15) is 9.59 Å². The number of ketones is 1. The Balaban J connectivity index is 1.90. The second kappa shape index (κ2) is 8.01. The average Bonchev–Trinajstić information content (AvgIpc) is 2.54. The van der Waals surface area contributed by atoms with Crippen LogP contribution < -0.4 is 5.32 Å². The molecular weight excluding hydrogens is 318 g/mol. The van der Waals surface area contributed by atoms with Crippen LogP contribution in [0.5, 0.6) is 0 Å². The number of halogens is 1. The molecule has 0 spiro atoms. The first-order valence-corrected chi connectivity index (χ1v) is 8.42. The quantitative estimate of drug-likeness (QED) is 0.617. The van der Waals surface area contributed by atoms with Gasteiger partial charge in [-0.25, -0.2) is 0 Å². The predicted molar refractivity (Wildman–Crippen MR) is 91.9 cm³/mol. The Bertz CT molecular complexity index is 671. The van der Waals surface area contributed by atoms with Crippen molar-refractivity contribution in [1.29, 1.82) is 0 Å². The van der Waals surface area contributed by atoms with Crippen LogP contribution in [0.1, 0.15) is 23.2 Å². The summed E-state index contributed by atoms with van der Waals surface area (Å²) in [6.07, 6.45) is 2.29. The van der Waals surface area contributed by atoms with Crippen molar-refractivity contribution in [2.75, 3.05) is 11.6 Å². The molecule has 1 N–H and O–H groups in total. The summed E-state index contributed by atoms with van der Waals surface area (Å²) in [5.41, 5.74) is 1.35. The SMILES string of the molecule is CSc1ccccc1NC(=O)CCC(=O)c1ccc(Cl)cc1. The van der Waals surface area contributed by atoms with E-state index in [1.807, 2.05) is 30.5 Å². The van der Waals surface area contributed by atoms with Crippen LogP contribution in [-0.2, 0) is 4.79 Å². The summed E-state index contributed by atoms with van der Waals surface area (Å²) >= 11 is 7.35. The number of thioether (sulfide) groups is 1. The average molecular weight is 334 g/mol. The zero-order valence-electron chi connectivity index (χ0n) is 12.1. The number of nitrogens with one attached hydrogen (secondary N) is 1. The molecule has 2 aromatic rings. The molecule has 0 aliphatic carbocycles. The number of carbonyl (C=O) groups excluding carboxylic acids is 2. The second-order valence-corrected chi connectivity index (χ2v) is 5.96. The molecule has 114 valence electrons. The molecule has 0 aromatic heterocycles. The molecule has 0 fully saturated rings. The summed E-state index contributed by atoms with van der Waals surface area (Å²) in [6, 6.07) is 14.3. The van der Waals surface area contributed by atoms with Crippen molar-refractivity contribution >= 4 is 40.7 Å². The molecule has 0 aliphatic heterocycles. The molecule has 0 saturated carbocycles. The van der Waals surface area contributed by atoms with E-state index < -0.39 is 0 Å². The van der Waals surface area contributed by atoms with Gasteiger partial charge in [0.1, 0.15) is 0 Å². The molecule has 0 atom stereocenters. The zero-order valence-corrected chi connectivity index (χ0v) is 13.7. The first-order valence-electron chi connectivity index (χ1n) is 6.82. The minimum absolute atomic E-state index is 0.0648.